The van der Waals surface area contributed by atoms with Crippen molar-refractivity contribution in [2.75, 3.05) is 50.6 Å². The third-order valence-corrected chi connectivity index (χ3v) is 5.96. The number of hydrogen-bond donors (Lipinski definition) is 2. The maximum Gasteiger partial charge on any atom is 0.240 e. The molecule has 0 aliphatic carbocycles. The van der Waals surface area contributed by atoms with Crippen LogP contribution in [0.5, 0.6) is 11.5 Å². The highest BCUT2D eigenvalue weighted by atomic mass is 32.2. The lowest BCUT2D eigenvalue weighted by atomic mass is 10.3. The summed E-state index contributed by atoms with van der Waals surface area (Å²) in [5.74, 6) is 1.45. The van der Waals surface area contributed by atoms with E-state index in [9.17, 15) is 8.42 Å². The summed E-state index contributed by atoms with van der Waals surface area (Å²) in [6.07, 6.45) is 4.11. The molecule has 1 aromatic carbocycles. The number of rotatable bonds is 9. The van der Waals surface area contributed by atoms with Gasteiger partial charge in [-0.15, -0.1) is 5.10 Å². The van der Waals surface area contributed by atoms with Crippen LogP contribution in [0.1, 0.15) is 12.8 Å². The molecule has 1 aromatic heterocycles. The molecular weight excluding hydrogens is 382 g/mol. The Kier molecular flexibility index (Phi) is 6.53. The second-order valence-corrected chi connectivity index (χ2v) is 8.10. The van der Waals surface area contributed by atoms with E-state index >= 15 is 0 Å². The second-order valence-electron chi connectivity index (χ2n) is 6.33. The summed E-state index contributed by atoms with van der Waals surface area (Å²) in [7, 11) is -0.705. The van der Waals surface area contributed by atoms with Crippen LogP contribution in [0, 0.1) is 0 Å². The largest absolute Gasteiger partial charge is 0.493 e. The van der Waals surface area contributed by atoms with Gasteiger partial charge in [-0.3, -0.25) is 0 Å². The van der Waals surface area contributed by atoms with Crippen LogP contribution in [-0.2, 0) is 10.0 Å². The number of benzene rings is 1. The lowest BCUT2D eigenvalue weighted by molar-refractivity contribution is 0.354. The van der Waals surface area contributed by atoms with Gasteiger partial charge in [0.25, 0.3) is 0 Å². The van der Waals surface area contributed by atoms with Gasteiger partial charge < -0.3 is 19.7 Å². The van der Waals surface area contributed by atoms with Crippen molar-refractivity contribution < 1.29 is 17.9 Å². The summed E-state index contributed by atoms with van der Waals surface area (Å²) < 4.78 is 37.8. The topological polar surface area (TPSA) is 106 Å². The molecule has 9 nitrogen and oxygen atoms in total. The van der Waals surface area contributed by atoms with Crippen LogP contribution < -0.4 is 24.4 Å². The van der Waals surface area contributed by atoms with E-state index in [1.807, 2.05) is 6.07 Å². The first-order valence-electron chi connectivity index (χ1n) is 9.07. The third-order valence-electron chi connectivity index (χ3n) is 4.50. The second kappa shape index (κ2) is 9.07. The minimum Gasteiger partial charge on any atom is -0.493 e. The summed E-state index contributed by atoms with van der Waals surface area (Å²) in [6, 6.07) is 6.40. The van der Waals surface area contributed by atoms with Crippen LogP contribution in [0.15, 0.2) is 35.4 Å². The molecule has 2 aromatic rings. The first-order valence-corrected chi connectivity index (χ1v) is 10.5. The molecule has 28 heavy (non-hydrogen) atoms. The first kappa shape index (κ1) is 20.2. The lowest BCUT2D eigenvalue weighted by Gasteiger charge is -2.17. The van der Waals surface area contributed by atoms with Crippen LogP contribution in [0.25, 0.3) is 0 Å². The molecule has 0 radical (unpaired) electrons. The van der Waals surface area contributed by atoms with Gasteiger partial charge in [0.05, 0.1) is 31.0 Å². The number of aromatic nitrogens is 2. The van der Waals surface area contributed by atoms with Crippen molar-refractivity contribution in [3.8, 4) is 11.5 Å². The Morgan fingerprint density at radius 2 is 1.82 bits per heavy atom. The minimum atomic E-state index is -3.66. The zero-order chi connectivity index (χ0) is 20.0. The van der Waals surface area contributed by atoms with Gasteiger partial charge in [-0.1, -0.05) is 0 Å². The standard InChI is InChI=1S/C18H25N5O4S/c1-26-16-6-5-15(12-17(16)27-2)28(24,25)21-8-7-19-18-11-14(13-20-22-18)23-9-3-4-10-23/h5-6,11-13,21H,3-4,7-10H2,1-2H3,(H,19,22). The van der Waals surface area contributed by atoms with Crippen LogP contribution in [0.2, 0.25) is 0 Å². The van der Waals surface area contributed by atoms with Crippen molar-refractivity contribution in [2.24, 2.45) is 0 Å². The maximum atomic E-state index is 12.5. The smallest absolute Gasteiger partial charge is 0.240 e. The molecule has 0 atom stereocenters. The highest BCUT2D eigenvalue weighted by Gasteiger charge is 2.17. The van der Waals surface area contributed by atoms with E-state index in [4.69, 9.17) is 9.47 Å². The summed E-state index contributed by atoms with van der Waals surface area (Å²) in [6.45, 7) is 2.63. The van der Waals surface area contributed by atoms with Gasteiger partial charge in [0.2, 0.25) is 10.0 Å². The Hall–Kier alpha value is -2.59. The summed E-state index contributed by atoms with van der Waals surface area (Å²) in [5.41, 5.74) is 1.03. The normalized spacial score (nSPS) is 14.1. The molecule has 1 saturated heterocycles. The molecule has 1 aliphatic heterocycles. The maximum absolute atomic E-state index is 12.5. The molecular formula is C18H25N5O4S. The molecule has 0 unspecified atom stereocenters. The summed E-state index contributed by atoms with van der Waals surface area (Å²) in [5, 5.41) is 11.2. The lowest BCUT2D eigenvalue weighted by Crippen LogP contribution is -2.29. The summed E-state index contributed by atoms with van der Waals surface area (Å²) >= 11 is 0. The highest BCUT2D eigenvalue weighted by molar-refractivity contribution is 7.89. The SMILES string of the molecule is COc1ccc(S(=O)(=O)NCCNc2cc(N3CCCC3)cnn2)cc1OC. The van der Waals surface area contributed by atoms with E-state index in [1.54, 1.807) is 12.3 Å². The molecule has 1 aliphatic rings. The zero-order valence-corrected chi connectivity index (χ0v) is 16.8. The Morgan fingerprint density at radius 1 is 1.07 bits per heavy atom. The predicted molar refractivity (Wildman–Crippen MR) is 107 cm³/mol. The Morgan fingerprint density at radius 3 is 2.54 bits per heavy atom. The Bertz CT molecular complexity index is 901. The molecule has 0 spiro atoms. The number of hydrogen-bond acceptors (Lipinski definition) is 8. The number of anilines is 2. The number of nitrogens with one attached hydrogen (secondary N) is 2. The Labute approximate surface area is 165 Å². The van der Waals surface area contributed by atoms with Crippen LogP contribution in [0.4, 0.5) is 11.5 Å². The fraction of sp³-hybridized carbons (Fsp3) is 0.444. The molecule has 152 valence electrons. The van der Waals surface area contributed by atoms with Crippen molar-refractivity contribution >= 4 is 21.5 Å². The third kappa shape index (κ3) is 4.82. The average Bonchev–Trinajstić information content (AvgIpc) is 3.26. The van der Waals surface area contributed by atoms with Gasteiger partial charge in [0.1, 0.15) is 0 Å². The molecule has 0 bridgehead atoms. The van der Waals surface area contributed by atoms with Crippen molar-refractivity contribution in [2.45, 2.75) is 17.7 Å². The van der Waals surface area contributed by atoms with Crippen LogP contribution >= 0.6 is 0 Å². The first-order chi connectivity index (χ1) is 13.5. The highest BCUT2D eigenvalue weighted by Crippen LogP contribution is 2.29. The molecule has 0 amide bonds. The number of methoxy groups -OCH3 is 2. The van der Waals surface area contributed by atoms with Gasteiger partial charge >= 0.3 is 0 Å². The summed E-state index contributed by atoms with van der Waals surface area (Å²) in [4.78, 5) is 2.38. The van der Waals surface area contributed by atoms with E-state index in [0.29, 0.717) is 23.9 Å². The van der Waals surface area contributed by atoms with E-state index in [2.05, 4.69) is 25.1 Å². The molecule has 3 rings (SSSR count). The number of sulfonamides is 1. The molecule has 0 saturated carbocycles. The zero-order valence-electron chi connectivity index (χ0n) is 16.0. The van der Waals surface area contributed by atoms with E-state index in [-0.39, 0.29) is 11.4 Å². The molecule has 2 N–H and O–H groups in total. The fourth-order valence-electron chi connectivity index (χ4n) is 3.03. The molecule has 2 heterocycles. The molecule has 1 fully saturated rings. The van der Waals surface area contributed by atoms with Gasteiger partial charge in [-0.2, -0.15) is 5.10 Å². The van der Waals surface area contributed by atoms with Crippen LogP contribution in [0.3, 0.4) is 0 Å². The monoisotopic (exact) mass is 407 g/mol. The van der Waals surface area contributed by atoms with Crippen molar-refractivity contribution in [3.05, 3.63) is 30.5 Å². The predicted octanol–water partition coefficient (Wildman–Crippen LogP) is 1.48. The van der Waals surface area contributed by atoms with E-state index in [1.165, 1.54) is 39.2 Å². The van der Waals surface area contributed by atoms with E-state index in [0.717, 1.165) is 18.8 Å². The number of nitrogens with zero attached hydrogens (tertiary/aromatic N) is 3. The Balaban J connectivity index is 1.55. The van der Waals surface area contributed by atoms with Gasteiger partial charge in [-0.25, -0.2) is 13.1 Å². The van der Waals surface area contributed by atoms with Crippen molar-refractivity contribution in [3.63, 3.8) is 0 Å². The van der Waals surface area contributed by atoms with Gasteiger partial charge in [0.15, 0.2) is 17.3 Å². The van der Waals surface area contributed by atoms with E-state index < -0.39 is 10.0 Å². The van der Waals surface area contributed by atoms with Crippen LogP contribution in [-0.4, -0.2) is 59.0 Å². The average molecular weight is 407 g/mol. The van der Waals surface area contributed by atoms with Gasteiger partial charge in [0, 0.05) is 38.3 Å². The number of ether oxygens (including phenoxy) is 2. The minimum absolute atomic E-state index is 0.112. The fourth-order valence-corrected chi connectivity index (χ4v) is 4.08. The van der Waals surface area contributed by atoms with Gasteiger partial charge in [-0.05, 0) is 25.0 Å². The quantitative estimate of drug-likeness (QED) is 0.602. The molecule has 10 heteroatoms. The van der Waals surface area contributed by atoms with Crippen molar-refractivity contribution in [1.82, 2.24) is 14.9 Å². The van der Waals surface area contributed by atoms with Crippen molar-refractivity contribution in [1.29, 1.82) is 0 Å².